The molecule has 0 radical (unpaired) electrons. The van der Waals surface area contributed by atoms with E-state index in [0.29, 0.717) is 31.6 Å². The SMILES string of the molecule is COc1ccccc1Cc1nc([C@H]2C[C@@H](N)[C@H](O)C2)n(CCO)n1. The van der Waals surface area contributed by atoms with Crippen LogP contribution in [0.3, 0.4) is 0 Å². The first-order valence-electron chi connectivity index (χ1n) is 8.22. The molecule has 0 unspecified atom stereocenters. The van der Waals surface area contributed by atoms with E-state index in [4.69, 9.17) is 10.5 Å². The van der Waals surface area contributed by atoms with Crippen LogP contribution >= 0.6 is 0 Å². The fraction of sp³-hybridized carbons (Fsp3) is 0.529. The van der Waals surface area contributed by atoms with Gasteiger partial charge in [0.05, 0.1) is 26.4 Å². The van der Waals surface area contributed by atoms with E-state index in [1.807, 2.05) is 24.3 Å². The summed E-state index contributed by atoms with van der Waals surface area (Å²) in [5.74, 6) is 2.34. The Bertz CT molecular complexity index is 678. The number of methoxy groups -OCH3 is 1. The summed E-state index contributed by atoms with van der Waals surface area (Å²) in [5, 5.41) is 23.7. The average molecular weight is 332 g/mol. The highest BCUT2D eigenvalue weighted by Gasteiger charge is 2.34. The summed E-state index contributed by atoms with van der Waals surface area (Å²) in [7, 11) is 1.64. The Morgan fingerprint density at radius 2 is 2.12 bits per heavy atom. The second kappa shape index (κ2) is 7.29. The number of aliphatic hydroxyl groups excluding tert-OH is 2. The third-order valence-electron chi connectivity index (χ3n) is 4.54. The van der Waals surface area contributed by atoms with Gasteiger partial charge in [-0.25, -0.2) is 9.67 Å². The van der Waals surface area contributed by atoms with Crippen molar-refractivity contribution in [3.8, 4) is 5.75 Å². The van der Waals surface area contributed by atoms with E-state index in [1.54, 1.807) is 11.8 Å². The molecular formula is C17H24N4O3. The first-order valence-corrected chi connectivity index (χ1v) is 8.22. The number of hydrogen-bond acceptors (Lipinski definition) is 6. The molecule has 7 nitrogen and oxygen atoms in total. The predicted molar refractivity (Wildman–Crippen MR) is 88.9 cm³/mol. The van der Waals surface area contributed by atoms with Crippen molar-refractivity contribution in [3.63, 3.8) is 0 Å². The van der Waals surface area contributed by atoms with Crippen LogP contribution in [-0.2, 0) is 13.0 Å². The van der Waals surface area contributed by atoms with Crippen molar-refractivity contribution < 1.29 is 14.9 Å². The van der Waals surface area contributed by atoms with Crippen LogP contribution in [0.4, 0.5) is 0 Å². The van der Waals surface area contributed by atoms with E-state index in [1.165, 1.54) is 0 Å². The van der Waals surface area contributed by atoms with Crippen LogP contribution in [0.25, 0.3) is 0 Å². The largest absolute Gasteiger partial charge is 0.496 e. The fourth-order valence-corrected chi connectivity index (χ4v) is 3.32. The van der Waals surface area contributed by atoms with E-state index in [2.05, 4.69) is 10.1 Å². The van der Waals surface area contributed by atoms with Crippen molar-refractivity contribution in [2.24, 2.45) is 5.73 Å². The number of rotatable bonds is 6. The van der Waals surface area contributed by atoms with Gasteiger partial charge in [-0.1, -0.05) is 18.2 Å². The van der Waals surface area contributed by atoms with Gasteiger partial charge in [-0.3, -0.25) is 0 Å². The summed E-state index contributed by atoms with van der Waals surface area (Å²) < 4.78 is 7.11. The molecule has 0 spiro atoms. The number of aliphatic hydroxyl groups is 2. The highest BCUT2D eigenvalue weighted by molar-refractivity contribution is 5.35. The summed E-state index contributed by atoms with van der Waals surface area (Å²) in [5.41, 5.74) is 6.93. The molecule has 4 N–H and O–H groups in total. The van der Waals surface area contributed by atoms with Gasteiger partial charge in [-0.15, -0.1) is 0 Å². The highest BCUT2D eigenvalue weighted by Crippen LogP contribution is 2.33. The number of hydrogen-bond donors (Lipinski definition) is 3. The highest BCUT2D eigenvalue weighted by atomic mass is 16.5. The third kappa shape index (κ3) is 3.43. The molecule has 0 bridgehead atoms. The zero-order valence-electron chi connectivity index (χ0n) is 13.8. The van der Waals surface area contributed by atoms with Gasteiger partial charge in [0.25, 0.3) is 0 Å². The minimum absolute atomic E-state index is 0.00815. The standard InChI is InChI=1S/C17H24N4O3/c1-24-15-5-3-2-4-11(15)10-16-19-17(21(20-16)6-7-22)12-8-13(18)14(23)9-12/h2-5,12-14,22-23H,6-10,18H2,1H3/t12-,13+,14+/m0/s1. The van der Waals surface area contributed by atoms with E-state index in [0.717, 1.165) is 17.1 Å². The Hall–Kier alpha value is -1.96. The number of para-hydroxylation sites is 1. The molecule has 3 rings (SSSR count). The maximum atomic E-state index is 9.91. The molecule has 1 fully saturated rings. The van der Waals surface area contributed by atoms with Crippen LogP contribution in [0, 0.1) is 0 Å². The van der Waals surface area contributed by atoms with Gasteiger partial charge in [0.2, 0.25) is 0 Å². The second-order valence-corrected chi connectivity index (χ2v) is 6.22. The Morgan fingerprint density at radius 1 is 1.33 bits per heavy atom. The summed E-state index contributed by atoms with van der Waals surface area (Å²) in [6.45, 7) is 0.377. The zero-order valence-corrected chi connectivity index (χ0v) is 13.8. The van der Waals surface area contributed by atoms with E-state index < -0.39 is 6.10 Å². The Labute approximate surface area is 141 Å². The minimum Gasteiger partial charge on any atom is -0.496 e. The lowest BCUT2D eigenvalue weighted by molar-refractivity contribution is 0.163. The van der Waals surface area contributed by atoms with Crippen LogP contribution in [0.15, 0.2) is 24.3 Å². The fourth-order valence-electron chi connectivity index (χ4n) is 3.32. The van der Waals surface area contributed by atoms with Gasteiger partial charge in [0, 0.05) is 23.9 Å². The maximum Gasteiger partial charge on any atom is 0.155 e. The van der Waals surface area contributed by atoms with Crippen molar-refractivity contribution in [3.05, 3.63) is 41.5 Å². The number of ether oxygens (including phenoxy) is 1. The van der Waals surface area contributed by atoms with E-state index in [9.17, 15) is 10.2 Å². The molecule has 130 valence electrons. The first kappa shape index (κ1) is 16.9. The lowest BCUT2D eigenvalue weighted by atomic mass is 10.1. The van der Waals surface area contributed by atoms with Crippen molar-refractivity contribution in [1.29, 1.82) is 0 Å². The zero-order chi connectivity index (χ0) is 17.1. The molecule has 24 heavy (non-hydrogen) atoms. The lowest BCUT2D eigenvalue weighted by Crippen LogP contribution is -2.28. The smallest absolute Gasteiger partial charge is 0.155 e. The van der Waals surface area contributed by atoms with Crippen LogP contribution in [0.5, 0.6) is 5.75 Å². The quantitative estimate of drug-likeness (QED) is 0.708. The second-order valence-electron chi connectivity index (χ2n) is 6.22. The summed E-state index contributed by atoms with van der Waals surface area (Å²) in [6.07, 6.45) is 1.31. The van der Waals surface area contributed by atoms with E-state index in [-0.39, 0.29) is 18.6 Å². The summed E-state index contributed by atoms with van der Waals surface area (Å²) >= 11 is 0. The Kier molecular flexibility index (Phi) is 5.13. The minimum atomic E-state index is -0.507. The average Bonchev–Trinajstić information content (AvgIpc) is 3.12. The van der Waals surface area contributed by atoms with Crippen LogP contribution in [0.2, 0.25) is 0 Å². The van der Waals surface area contributed by atoms with Gasteiger partial charge in [0.15, 0.2) is 5.82 Å². The molecule has 0 saturated heterocycles. The first-order chi connectivity index (χ1) is 11.6. The molecule has 2 aromatic rings. The third-order valence-corrected chi connectivity index (χ3v) is 4.54. The summed E-state index contributed by atoms with van der Waals surface area (Å²) in [6, 6.07) is 7.54. The van der Waals surface area contributed by atoms with Crippen LogP contribution < -0.4 is 10.5 Å². The Morgan fingerprint density at radius 3 is 2.79 bits per heavy atom. The normalized spacial score (nSPS) is 23.6. The molecule has 0 amide bonds. The molecule has 1 aromatic heterocycles. The van der Waals surface area contributed by atoms with Gasteiger partial charge < -0.3 is 20.7 Å². The number of nitrogens with two attached hydrogens (primary N) is 1. The predicted octanol–water partition coefficient (Wildman–Crippen LogP) is 0.435. The molecule has 1 aliphatic carbocycles. The molecule has 1 aliphatic rings. The van der Waals surface area contributed by atoms with Crippen molar-refractivity contribution in [2.45, 2.75) is 43.9 Å². The molecule has 7 heteroatoms. The van der Waals surface area contributed by atoms with Crippen molar-refractivity contribution >= 4 is 0 Å². The molecule has 1 saturated carbocycles. The van der Waals surface area contributed by atoms with Crippen molar-refractivity contribution in [1.82, 2.24) is 14.8 Å². The number of benzene rings is 1. The lowest BCUT2D eigenvalue weighted by Gasteiger charge is -2.09. The summed E-state index contributed by atoms with van der Waals surface area (Å²) in [4.78, 5) is 4.67. The Balaban J connectivity index is 1.86. The van der Waals surface area contributed by atoms with Gasteiger partial charge >= 0.3 is 0 Å². The van der Waals surface area contributed by atoms with Crippen LogP contribution in [-0.4, -0.2) is 50.8 Å². The van der Waals surface area contributed by atoms with Gasteiger partial charge in [-0.2, -0.15) is 5.10 Å². The monoisotopic (exact) mass is 332 g/mol. The number of aromatic nitrogens is 3. The molecule has 3 atom stereocenters. The van der Waals surface area contributed by atoms with E-state index >= 15 is 0 Å². The molecular weight excluding hydrogens is 308 g/mol. The molecule has 1 heterocycles. The number of nitrogens with zero attached hydrogens (tertiary/aromatic N) is 3. The maximum absolute atomic E-state index is 9.91. The van der Waals surface area contributed by atoms with Crippen LogP contribution in [0.1, 0.15) is 36.0 Å². The van der Waals surface area contributed by atoms with Gasteiger partial charge in [0.1, 0.15) is 11.6 Å². The topological polar surface area (TPSA) is 106 Å². The molecule has 1 aromatic carbocycles. The van der Waals surface area contributed by atoms with Crippen molar-refractivity contribution in [2.75, 3.05) is 13.7 Å². The molecule has 0 aliphatic heterocycles. The van der Waals surface area contributed by atoms with Gasteiger partial charge in [-0.05, 0) is 18.9 Å².